The minimum atomic E-state index is -0.530. The number of amides is 1. The summed E-state index contributed by atoms with van der Waals surface area (Å²) in [5.74, 6) is -0.270. The van der Waals surface area contributed by atoms with Gasteiger partial charge >= 0.3 is 5.97 Å². The van der Waals surface area contributed by atoms with Gasteiger partial charge in [0.25, 0.3) is 5.91 Å². The minimum Gasteiger partial charge on any atom is -0.496 e. The summed E-state index contributed by atoms with van der Waals surface area (Å²) in [5.41, 5.74) is 3.30. The molecule has 7 nitrogen and oxygen atoms in total. The first-order valence-corrected chi connectivity index (χ1v) is 8.66. The van der Waals surface area contributed by atoms with Gasteiger partial charge in [0.1, 0.15) is 11.4 Å². The predicted molar refractivity (Wildman–Crippen MR) is 103 cm³/mol. The molecule has 144 valence electrons. The quantitative estimate of drug-likeness (QED) is 0.632. The van der Waals surface area contributed by atoms with Crippen molar-refractivity contribution < 1.29 is 23.6 Å². The first kappa shape index (κ1) is 19.2. The summed E-state index contributed by atoms with van der Waals surface area (Å²) >= 11 is 0. The first-order chi connectivity index (χ1) is 13.5. The van der Waals surface area contributed by atoms with Crippen LogP contribution >= 0.6 is 0 Å². The Bertz CT molecular complexity index is 963. The maximum absolute atomic E-state index is 12.0. The average molecular weight is 380 g/mol. The molecule has 0 aliphatic carbocycles. The highest BCUT2D eigenvalue weighted by Gasteiger charge is 2.13. The van der Waals surface area contributed by atoms with Gasteiger partial charge < -0.3 is 14.0 Å². The number of benzene rings is 2. The Kier molecular flexibility index (Phi) is 6.06. The highest BCUT2D eigenvalue weighted by molar-refractivity contribution is 5.92. The zero-order valence-corrected chi connectivity index (χ0v) is 15.6. The number of ether oxygens (including phenoxy) is 2. The lowest BCUT2D eigenvalue weighted by Gasteiger charge is -2.08. The van der Waals surface area contributed by atoms with E-state index in [1.807, 2.05) is 37.3 Å². The van der Waals surface area contributed by atoms with Gasteiger partial charge in [0.2, 0.25) is 5.88 Å². The number of rotatable bonds is 7. The van der Waals surface area contributed by atoms with Crippen LogP contribution in [0.5, 0.6) is 5.75 Å². The summed E-state index contributed by atoms with van der Waals surface area (Å²) in [6.07, 6.45) is 0.0111. The number of para-hydroxylation sites is 1. The van der Waals surface area contributed by atoms with Crippen LogP contribution in [0.3, 0.4) is 0 Å². The van der Waals surface area contributed by atoms with Crippen molar-refractivity contribution in [3.05, 3.63) is 65.7 Å². The summed E-state index contributed by atoms with van der Waals surface area (Å²) in [5, 5.41) is 6.44. The molecule has 1 heterocycles. The van der Waals surface area contributed by atoms with Crippen LogP contribution in [0.4, 0.5) is 5.88 Å². The molecule has 1 N–H and O–H groups in total. The van der Waals surface area contributed by atoms with E-state index in [-0.39, 0.29) is 12.3 Å². The lowest BCUT2D eigenvalue weighted by Crippen LogP contribution is -2.21. The van der Waals surface area contributed by atoms with Crippen LogP contribution in [0.2, 0.25) is 0 Å². The van der Waals surface area contributed by atoms with E-state index in [4.69, 9.17) is 14.0 Å². The molecule has 0 saturated heterocycles. The smallest absolute Gasteiger partial charge is 0.310 e. The zero-order chi connectivity index (χ0) is 19.9. The van der Waals surface area contributed by atoms with Crippen LogP contribution in [-0.4, -0.2) is 30.7 Å². The third kappa shape index (κ3) is 4.97. The second-order valence-electron chi connectivity index (χ2n) is 6.14. The Labute approximate surface area is 162 Å². The minimum absolute atomic E-state index is 0.0111. The van der Waals surface area contributed by atoms with E-state index in [1.54, 1.807) is 24.3 Å². The van der Waals surface area contributed by atoms with Crippen LogP contribution in [0.25, 0.3) is 11.3 Å². The number of carbonyl (C=O) groups excluding carboxylic acids is 2. The molecule has 1 aromatic heterocycles. The van der Waals surface area contributed by atoms with Gasteiger partial charge in [0.05, 0.1) is 13.5 Å². The largest absolute Gasteiger partial charge is 0.496 e. The summed E-state index contributed by atoms with van der Waals surface area (Å²) in [7, 11) is 1.53. The van der Waals surface area contributed by atoms with Crippen molar-refractivity contribution in [1.29, 1.82) is 0 Å². The maximum Gasteiger partial charge on any atom is 0.310 e. The third-order valence-electron chi connectivity index (χ3n) is 4.01. The van der Waals surface area contributed by atoms with Gasteiger partial charge in [-0.2, -0.15) is 0 Å². The first-order valence-electron chi connectivity index (χ1n) is 8.66. The van der Waals surface area contributed by atoms with Gasteiger partial charge in [0, 0.05) is 17.2 Å². The molecule has 3 rings (SSSR count). The molecule has 0 radical (unpaired) electrons. The zero-order valence-electron chi connectivity index (χ0n) is 15.6. The van der Waals surface area contributed by atoms with E-state index in [0.717, 1.165) is 11.1 Å². The van der Waals surface area contributed by atoms with Crippen molar-refractivity contribution in [3.8, 4) is 17.0 Å². The molecule has 3 aromatic rings. The van der Waals surface area contributed by atoms with Gasteiger partial charge in [0.15, 0.2) is 6.61 Å². The molecule has 1 amide bonds. The van der Waals surface area contributed by atoms with Crippen molar-refractivity contribution in [3.63, 3.8) is 0 Å². The Morgan fingerprint density at radius 3 is 2.61 bits per heavy atom. The van der Waals surface area contributed by atoms with Crippen molar-refractivity contribution >= 4 is 17.8 Å². The monoisotopic (exact) mass is 380 g/mol. The van der Waals surface area contributed by atoms with E-state index < -0.39 is 18.5 Å². The number of nitrogens with one attached hydrogen (secondary N) is 1. The molecule has 7 heteroatoms. The number of aryl methyl sites for hydroxylation is 1. The fourth-order valence-corrected chi connectivity index (χ4v) is 2.57. The van der Waals surface area contributed by atoms with Gasteiger partial charge in [-0.3, -0.25) is 14.9 Å². The van der Waals surface area contributed by atoms with E-state index in [9.17, 15) is 9.59 Å². The lowest BCUT2D eigenvalue weighted by molar-refractivity contribution is -0.146. The van der Waals surface area contributed by atoms with Crippen molar-refractivity contribution in [1.82, 2.24) is 5.16 Å². The Morgan fingerprint density at radius 2 is 1.86 bits per heavy atom. The molecule has 0 saturated carbocycles. The standard InChI is InChI=1S/C21H20N2O5/c1-14-7-9-15(10-8-14)17-12-20(28-23-17)22-19(24)13-27-21(25)11-16-5-3-4-6-18(16)26-2/h3-10,12H,11,13H2,1-2H3,(H,22,24). The number of aromatic nitrogens is 1. The summed E-state index contributed by atoms with van der Waals surface area (Å²) in [6.45, 7) is 1.57. The van der Waals surface area contributed by atoms with E-state index in [2.05, 4.69) is 10.5 Å². The second kappa shape index (κ2) is 8.85. The van der Waals surface area contributed by atoms with Crippen molar-refractivity contribution in [2.24, 2.45) is 0 Å². The van der Waals surface area contributed by atoms with Crippen LogP contribution in [0.15, 0.2) is 59.1 Å². The molecule has 0 unspecified atom stereocenters. The van der Waals surface area contributed by atoms with Crippen LogP contribution in [0.1, 0.15) is 11.1 Å². The molecular weight excluding hydrogens is 360 g/mol. The maximum atomic E-state index is 12.0. The fraction of sp³-hybridized carbons (Fsp3) is 0.190. The van der Waals surface area contributed by atoms with E-state index in [1.165, 1.54) is 7.11 Å². The second-order valence-corrected chi connectivity index (χ2v) is 6.14. The van der Waals surface area contributed by atoms with Gasteiger partial charge in [-0.15, -0.1) is 0 Å². The molecule has 2 aromatic carbocycles. The Balaban J connectivity index is 1.50. The highest BCUT2D eigenvalue weighted by Crippen LogP contribution is 2.22. The molecular formula is C21H20N2O5. The number of nitrogens with zero attached hydrogens (tertiary/aromatic N) is 1. The van der Waals surface area contributed by atoms with Gasteiger partial charge in [-0.25, -0.2) is 0 Å². The van der Waals surface area contributed by atoms with E-state index >= 15 is 0 Å². The molecule has 0 fully saturated rings. The summed E-state index contributed by atoms with van der Waals surface area (Å²) in [6, 6.07) is 16.5. The van der Waals surface area contributed by atoms with E-state index in [0.29, 0.717) is 17.0 Å². The number of hydrogen-bond acceptors (Lipinski definition) is 6. The summed E-state index contributed by atoms with van der Waals surface area (Å²) < 4.78 is 15.3. The number of anilines is 1. The lowest BCUT2D eigenvalue weighted by atomic mass is 10.1. The van der Waals surface area contributed by atoms with Crippen LogP contribution < -0.4 is 10.1 Å². The summed E-state index contributed by atoms with van der Waals surface area (Å²) in [4.78, 5) is 23.9. The highest BCUT2D eigenvalue weighted by atomic mass is 16.5. The number of esters is 1. The number of methoxy groups -OCH3 is 1. The van der Waals surface area contributed by atoms with Gasteiger partial charge in [-0.05, 0) is 13.0 Å². The molecule has 0 aliphatic heterocycles. The normalized spacial score (nSPS) is 10.4. The number of carbonyl (C=O) groups is 2. The van der Waals surface area contributed by atoms with Crippen molar-refractivity contribution in [2.75, 3.05) is 19.0 Å². The predicted octanol–water partition coefficient (Wildman–Crippen LogP) is 3.38. The molecule has 0 bridgehead atoms. The molecule has 28 heavy (non-hydrogen) atoms. The Morgan fingerprint density at radius 1 is 1.11 bits per heavy atom. The average Bonchev–Trinajstić information content (AvgIpc) is 3.16. The Hall–Kier alpha value is -3.61. The molecule has 0 aliphatic rings. The van der Waals surface area contributed by atoms with Crippen LogP contribution in [0, 0.1) is 6.92 Å². The third-order valence-corrected chi connectivity index (χ3v) is 4.01. The topological polar surface area (TPSA) is 90.7 Å². The fourth-order valence-electron chi connectivity index (χ4n) is 2.57. The van der Waals surface area contributed by atoms with Gasteiger partial charge in [-0.1, -0.05) is 53.2 Å². The van der Waals surface area contributed by atoms with Crippen LogP contribution in [-0.2, 0) is 20.7 Å². The molecule has 0 spiro atoms. The molecule has 0 atom stereocenters. The number of hydrogen-bond donors (Lipinski definition) is 1. The van der Waals surface area contributed by atoms with Crippen molar-refractivity contribution in [2.45, 2.75) is 13.3 Å². The SMILES string of the molecule is COc1ccccc1CC(=O)OCC(=O)Nc1cc(-c2ccc(C)cc2)no1.